The molecule has 0 aliphatic carbocycles. The average Bonchev–Trinajstić information content (AvgIpc) is 3.31. The standard InChI is InChI=1S/C31H35N7O5/c1-3-4-5-8-19-43-31(42)36-28(32)21-10-13-23(14-11-21)34-30-35-24-20-22(12-15-25(24)37(30)2)29(41)38(18-16-27(39)40)26-9-6-7-17-33-26/h6-7,9-15,17,20H,3-5,8,16,18-19H2,1-2H3,(H,34,35)(H,39,40)(H2,32,36,42). The van der Waals surface area contributed by atoms with E-state index in [9.17, 15) is 19.5 Å². The van der Waals surface area contributed by atoms with Gasteiger partial charge in [-0.15, -0.1) is 0 Å². The van der Waals surface area contributed by atoms with Crippen molar-refractivity contribution in [3.8, 4) is 0 Å². The summed E-state index contributed by atoms with van der Waals surface area (Å²) in [7, 11) is 1.84. The number of carboxylic acids is 1. The normalized spacial score (nSPS) is 10.7. The Hall–Kier alpha value is -5.26. The second-order valence-electron chi connectivity index (χ2n) is 9.89. The molecule has 12 heteroatoms. The molecule has 2 aromatic heterocycles. The molecule has 0 unspecified atom stereocenters. The van der Waals surface area contributed by atoms with Crippen molar-refractivity contribution >= 4 is 52.3 Å². The number of pyridine rings is 1. The van der Waals surface area contributed by atoms with Gasteiger partial charge in [-0.05, 0) is 61.0 Å². The molecule has 0 saturated heterocycles. The van der Waals surface area contributed by atoms with E-state index in [2.05, 4.69) is 27.5 Å². The summed E-state index contributed by atoms with van der Waals surface area (Å²) in [6.45, 7) is 2.41. The lowest BCUT2D eigenvalue weighted by molar-refractivity contribution is -0.136. The largest absolute Gasteiger partial charge is 0.481 e. The van der Waals surface area contributed by atoms with Gasteiger partial charge in [-0.1, -0.05) is 32.3 Å². The topological polar surface area (TPSA) is 163 Å². The van der Waals surface area contributed by atoms with E-state index in [0.717, 1.165) is 31.2 Å². The first kappa shape index (κ1) is 30.7. The van der Waals surface area contributed by atoms with Crippen LogP contribution in [0.1, 0.15) is 54.9 Å². The van der Waals surface area contributed by atoms with Crippen LogP contribution in [-0.4, -0.2) is 56.6 Å². The molecule has 43 heavy (non-hydrogen) atoms. The van der Waals surface area contributed by atoms with Crippen LogP contribution in [0, 0.1) is 5.41 Å². The zero-order valence-electron chi connectivity index (χ0n) is 24.2. The summed E-state index contributed by atoms with van der Waals surface area (Å²) < 4.78 is 6.99. The molecule has 0 spiro atoms. The molecule has 224 valence electrons. The van der Waals surface area contributed by atoms with E-state index < -0.39 is 12.1 Å². The maximum Gasteiger partial charge on any atom is 0.412 e. The summed E-state index contributed by atoms with van der Waals surface area (Å²) >= 11 is 0. The number of anilines is 3. The van der Waals surface area contributed by atoms with Crippen LogP contribution < -0.4 is 15.5 Å². The van der Waals surface area contributed by atoms with Crippen LogP contribution in [0.15, 0.2) is 66.9 Å². The van der Waals surface area contributed by atoms with Gasteiger partial charge in [0.15, 0.2) is 0 Å². The van der Waals surface area contributed by atoms with Crippen molar-refractivity contribution in [3.05, 3.63) is 78.0 Å². The highest BCUT2D eigenvalue weighted by Gasteiger charge is 2.21. The van der Waals surface area contributed by atoms with Crippen molar-refractivity contribution in [2.24, 2.45) is 7.05 Å². The molecule has 0 aliphatic rings. The molecule has 12 nitrogen and oxygen atoms in total. The Balaban J connectivity index is 1.43. The van der Waals surface area contributed by atoms with Crippen molar-refractivity contribution in [1.29, 1.82) is 5.41 Å². The first-order valence-electron chi connectivity index (χ1n) is 14.1. The first-order chi connectivity index (χ1) is 20.8. The van der Waals surface area contributed by atoms with Crippen molar-refractivity contribution in [1.82, 2.24) is 19.9 Å². The Kier molecular flexibility index (Phi) is 10.4. The number of hydrogen-bond acceptors (Lipinski definition) is 8. The Morgan fingerprint density at radius 1 is 1.02 bits per heavy atom. The van der Waals surface area contributed by atoms with Gasteiger partial charge in [0.1, 0.15) is 11.7 Å². The maximum absolute atomic E-state index is 13.4. The van der Waals surface area contributed by atoms with Gasteiger partial charge in [0.05, 0.1) is 24.1 Å². The van der Waals surface area contributed by atoms with Gasteiger partial charge in [0, 0.05) is 36.6 Å². The molecule has 2 aromatic carbocycles. The summed E-state index contributed by atoms with van der Waals surface area (Å²) in [5.41, 5.74) is 2.93. The second kappa shape index (κ2) is 14.6. The zero-order chi connectivity index (χ0) is 30.8. The van der Waals surface area contributed by atoms with E-state index in [0.29, 0.717) is 40.7 Å². The maximum atomic E-state index is 13.4. The third kappa shape index (κ3) is 8.15. The number of ether oxygens (including phenoxy) is 1. The summed E-state index contributed by atoms with van der Waals surface area (Å²) in [5, 5.41) is 23.0. The number of aromatic nitrogens is 3. The van der Waals surface area contributed by atoms with Gasteiger partial charge in [-0.2, -0.15) is 0 Å². The molecule has 4 N–H and O–H groups in total. The molecule has 0 aliphatic heterocycles. The SMILES string of the molecule is CCCCCCOC(=O)NC(=N)c1ccc(Nc2nc3cc(C(=O)N(CCC(=O)O)c4ccccn4)ccc3n2C)cc1. The van der Waals surface area contributed by atoms with E-state index in [1.54, 1.807) is 66.9 Å². The van der Waals surface area contributed by atoms with Crippen molar-refractivity contribution in [2.45, 2.75) is 39.0 Å². The van der Waals surface area contributed by atoms with Crippen molar-refractivity contribution < 1.29 is 24.2 Å². The van der Waals surface area contributed by atoms with E-state index in [-0.39, 0.29) is 24.7 Å². The van der Waals surface area contributed by atoms with Crippen LogP contribution in [0.2, 0.25) is 0 Å². The van der Waals surface area contributed by atoms with Gasteiger partial charge in [0.25, 0.3) is 5.91 Å². The fraction of sp³-hybridized carbons (Fsp3) is 0.290. The first-order valence-corrected chi connectivity index (χ1v) is 14.1. The number of carbonyl (C=O) groups is 3. The second-order valence-corrected chi connectivity index (χ2v) is 9.89. The molecule has 0 bridgehead atoms. The van der Waals surface area contributed by atoms with E-state index in [4.69, 9.17) is 10.1 Å². The number of hydrogen-bond donors (Lipinski definition) is 4. The fourth-order valence-corrected chi connectivity index (χ4v) is 4.39. The van der Waals surface area contributed by atoms with E-state index >= 15 is 0 Å². The van der Waals surface area contributed by atoms with Gasteiger partial charge >= 0.3 is 12.1 Å². The lowest BCUT2D eigenvalue weighted by Crippen LogP contribution is -2.33. The Morgan fingerprint density at radius 2 is 1.79 bits per heavy atom. The molecule has 2 amide bonds. The molecular formula is C31H35N7O5. The Morgan fingerprint density at radius 3 is 2.49 bits per heavy atom. The number of fused-ring (bicyclic) bond motifs is 1. The molecule has 2 heterocycles. The summed E-state index contributed by atoms with van der Waals surface area (Å²) in [4.78, 5) is 46.8. The molecule has 0 radical (unpaired) electrons. The van der Waals surface area contributed by atoms with Crippen LogP contribution in [0.4, 0.5) is 22.2 Å². The van der Waals surface area contributed by atoms with Crippen LogP contribution in [-0.2, 0) is 16.6 Å². The van der Waals surface area contributed by atoms with Crippen LogP contribution in [0.3, 0.4) is 0 Å². The summed E-state index contributed by atoms with van der Waals surface area (Å²) in [6, 6.07) is 17.2. The third-order valence-corrected chi connectivity index (χ3v) is 6.74. The van der Waals surface area contributed by atoms with Crippen LogP contribution >= 0.6 is 0 Å². The van der Waals surface area contributed by atoms with Gasteiger partial charge in [-0.25, -0.2) is 14.8 Å². The van der Waals surface area contributed by atoms with Gasteiger partial charge < -0.3 is 19.7 Å². The minimum atomic E-state index is -1.01. The fourth-order valence-electron chi connectivity index (χ4n) is 4.39. The molecule has 4 rings (SSSR count). The smallest absolute Gasteiger partial charge is 0.412 e. The number of unbranched alkanes of at least 4 members (excludes halogenated alkanes) is 3. The molecule has 4 aromatic rings. The van der Waals surface area contributed by atoms with Crippen LogP contribution in [0.5, 0.6) is 0 Å². The monoisotopic (exact) mass is 585 g/mol. The highest BCUT2D eigenvalue weighted by atomic mass is 16.5. The lowest BCUT2D eigenvalue weighted by Gasteiger charge is -2.21. The van der Waals surface area contributed by atoms with Crippen molar-refractivity contribution in [3.63, 3.8) is 0 Å². The highest BCUT2D eigenvalue weighted by molar-refractivity contribution is 6.07. The molecule has 0 atom stereocenters. The van der Waals surface area contributed by atoms with Gasteiger partial charge in [0.2, 0.25) is 5.95 Å². The molecule has 0 saturated carbocycles. The predicted molar refractivity (Wildman–Crippen MR) is 164 cm³/mol. The highest BCUT2D eigenvalue weighted by Crippen LogP contribution is 2.24. The zero-order valence-corrected chi connectivity index (χ0v) is 24.2. The third-order valence-electron chi connectivity index (χ3n) is 6.74. The number of carboxylic acid groups (broad SMARTS) is 1. The number of amidine groups is 1. The number of nitrogens with one attached hydrogen (secondary N) is 3. The van der Waals surface area contributed by atoms with E-state index in [1.165, 1.54) is 4.90 Å². The quantitative estimate of drug-likeness (QED) is 0.0912. The summed E-state index contributed by atoms with van der Waals surface area (Å²) in [6.07, 6.45) is 4.67. The van der Waals surface area contributed by atoms with E-state index in [1.807, 2.05) is 11.6 Å². The number of aryl methyl sites for hydroxylation is 1. The number of carbonyl (C=O) groups excluding carboxylic acids is 2. The number of aliphatic carboxylic acids is 1. The summed E-state index contributed by atoms with van der Waals surface area (Å²) in [5.74, 6) is -0.563. The predicted octanol–water partition coefficient (Wildman–Crippen LogP) is 5.47. The number of alkyl carbamates (subject to hydrolysis) is 1. The minimum absolute atomic E-state index is 0.0263. The average molecular weight is 586 g/mol. The number of rotatable bonds is 13. The number of amides is 2. The van der Waals surface area contributed by atoms with Gasteiger partial charge in [-0.3, -0.25) is 25.2 Å². The Labute approximate surface area is 249 Å². The number of imidazole rings is 1. The van der Waals surface area contributed by atoms with Crippen LogP contribution in [0.25, 0.3) is 11.0 Å². The Bertz CT molecular complexity index is 1590. The van der Waals surface area contributed by atoms with Crippen molar-refractivity contribution in [2.75, 3.05) is 23.4 Å². The molecular weight excluding hydrogens is 550 g/mol. The minimum Gasteiger partial charge on any atom is -0.481 e. The lowest BCUT2D eigenvalue weighted by atomic mass is 10.1. The number of benzene rings is 2. The molecule has 0 fully saturated rings. The number of nitrogens with zero attached hydrogens (tertiary/aromatic N) is 4.